The highest BCUT2D eigenvalue weighted by Crippen LogP contribution is 2.23. The number of carbonyl (C=O) groups is 1. The van der Waals surface area contributed by atoms with Crippen molar-refractivity contribution in [2.24, 2.45) is 11.8 Å². The van der Waals surface area contributed by atoms with Gasteiger partial charge in [0.2, 0.25) is 0 Å². The molecule has 0 aromatic heterocycles. The van der Waals surface area contributed by atoms with Crippen molar-refractivity contribution >= 4 is 5.97 Å². The van der Waals surface area contributed by atoms with E-state index in [1.54, 1.807) is 0 Å². The van der Waals surface area contributed by atoms with Crippen LogP contribution in [0, 0.1) is 5.92 Å². The van der Waals surface area contributed by atoms with E-state index in [0.29, 0.717) is 6.04 Å². The van der Waals surface area contributed by atoms with Gasteiger partial charge < -0.3 is 5.11 Å². The molecular weight excluding hydrogens is 144 g/mol. The number of rotatable bonds is 2. The van der Waals surface area contributed by atoms with Gasteiger partial charge in [0.15, 0.2) is 0 Å². The summed E-state index contributed by atoms with van der Waals surface area (Å²) in [6, 6.07) is 0.325. The number of hydrazine groups is 1. The molecule has 0 atom stereocenters. The first-order valence-corrected chi connectivity index (χ1v) is 3.93. The minimum absolute atomic E-state index is 0.139. The Morgan fingerprint density at radius 3 is 2.27 bits per heavy atom. The number of carboxylic acids is 1. The number of nitrogens with one attached hydrogen (secondary N) is 1. The second-order valence-electron chi connectivity index (χ2n) is 3.05. The van der Waals surface area contributed by atoms with Gasteiger partial charge in [0, 0.05) is 6.04 Å². The highest BCUT2D eigenvalue weighted by Gasteiger charge is 2.24. The van der Waals surface area contributed by atoms with Crippen molar-refractivity contribution in [3.8, 4) is 0 Å². The van der Waals surface area contributed by atoms with Crippen LogP contribution in [0.1, 0.15) is 25.7 Å². The number of aliphatic carboxylic acids is 1. The molecule has 0 heterocycles. The standard InChI is InChI=1S/C7H14N2O2/c8-9-6-3-1-5(2-4-6)7(10)11/h5-6,9H,1-4,8H2,(H,10,11). The summed E-state index contributed by atoms with van der Waals surface area (Å²) in [5.41, 5.74) is 2.67. The van der Waals surface area contributed by atoms with E-state index in [9.17, 15) is 4.79 Å². The van der Waals surface area contributed by atoms with Crippen molar-refractivity contribution in [3.05, 3.63) is 0 Å². The third kappa shape index (κ3) is 2.17. The Bertz CT molecular complexity index is 141. The highest BCUT2D eigenvalue weighted by molar-refractivity contribution is 5.70. The van der Waals surface area contributed by atoms with Crippen LogP contribution >= 0.6 is 0 Å². The quantitative estimate of drug-likeness (QED) is 0.393. The molecule has 1 saturated carbocycles. The normalized spacial score (nSPS) is 31.7. The van der Waals surface area contributed by atoms with E-state index >= 15 is 0 Å². The first kappa shape index (κ1) is 8.49. The molecule has 0 aliphatic heterocycles. The van der Waals surface area contributed by atoms with E-state index in [-0.39, 0.29) is 5.92 Å². The summed E-state index contributed by atoms with van der Waals surface area (Å²) in [7, 11) is 0. The molecular formula is C7H14N2O2. The van der Waals surface area contributed by atoms with Crippen molar-refractivity contribution in [2.75, 3.05) is 0 Å². The number of nitrogens with two attached hydrogens (primary N) is 1. The number of hydrogen-bond donors (Lipinski definition) is 3. The van der Waals surface area contributed by atoms with Crippen LogP contribution in [-0.4, -0.2) is 17.1 Å². The Kier molecular flexibility index (Phi) is 2.84. The van der Waals surface area contributed by atoms with Crippen LogP contribution in [0.4, 0.5) is 0 Å². The van der Waals surface area contributed by atoms with Gasteiger partial charge in [-0.1, -0.05) is 0 Å². The Labute approximate surface area is 65.7 Å². The monoisotopic (exact) mass is 158 g/mol. The van der Waals surface area contributed by atoms with Gasteiger partial charge in [0.05, 0.1) is 5.92 Å². The summed E-state index contributed by atoms with van der Waals surface area (Å²) in [6.45, 7) is 0. The van der Waals surface area contributed by atoms with Crippen molar-refractivity contribution in [1.82, 2.24) is 5.43 Å². The van der Waals surface area contributed by atoms with Gasteiger partial charge in [0.1, 0.15) is 0 Å². The van der Waals surface area contributed by atoms with Gasteiger partial charge in [-0.05, 0) is 25.7 Å². The summed E-state index contributed by atoms with van der Waals surface area (Å²) in [5, 5.41) is 8.65. The van der Waals surface area contributed by atoms with Crippen LogP contribution < -0.4 is 11.3 Å². The fourth-order valence-corrected chi connectivity index (χ4v) is 1.51. The van der Waals surface area contributed by atoms with E-state index in [1.807, 2.05) is 0 Å². The maximum Gasteiger partial charge on any atom is 0.306 e. The van der Waals surface area contributed by atoms with Crippen LogP contribution in [0.5, 0.6) is 0 Å². The minimum atomic E-state index is -0.666. The second-order valence-corrected chi connectivity index (χ2v) is 3.05. The van der Waals surface area contributed by atoms with Gasteiger partial charge in [-0.3, -0.25) is 16.1 Å². The van der Waals surface area contributed by atoms with Crippen LogP contribution in [0.2, 0.25) is 0 Å². The molecule has 11 heavy (non-hydrogen) atoms. The number of carboxylic acid groups (broad SMARTS) is 1. The summed E-state index contributed by atoms with van der Waals surface area (Å²) in [6.07, 6.45) is 3.27. The van der Waals surface area contributed by atoms with Gasteiger partial charge in [-0.15, -0.1) is 0 Å². The molecule has 4 N–H and O–H groups in total. The Morgan fingerprint density at radius 1 is 1.36 bits per heavy atom. The zero-order valence-electron chi connectivity index (χ0n) is 6.42. The molecule has 1 rings (SSSR count). The minimum Gasteiger partial charge on any atom is -0.481 e. The lowest BCUT2D eigenvalue weighted by Crippen LogP contribution is -2.38. The highest BCUT2D eigenvalue weighted by atomic mass is 16.4. The molecule has 1 aliphatic carbocycles. The summed E-state index contributed by atoms with van der Waals surface area (Å²) in [5.74, 6) is 4.42. The molecule has 0 radical (unpaired) electrons. The largest absolute Gasteiger partial charge is 0.481 e. The fraction of sp³-hybridized carbons (Fsp3) is 0.857. The molecule has 0 aromatic carbocycles. The van der Waals surface area contributed by atoms with Gasteiger partial charge in [0.25, 0.3) is 0 Å². The first-order chi connectivity index (χ1) is 5.24. The van der Waals surface area contributed by atoms with Gasteiger partial charge >= 0.3 is 5.97 Å². The molecule has 4 nitrogen and oxygen atoms in total. The van der Waals surface area contributed by atoms with Gasteiger partial charge in [-0.25, -0.2) is 0 Å². The van der Waals surface area contributed by atoms with E-state index in [4.69, 9.17) is 10.9 Å². The lowest BCUT2D eigenvalue weighted by molar-refractivity contribution is -0.142. The van der Waals surface area contributed by atoms with E-state index < -0.39 is 5.97 Å². The lowest BCUT2D eigenvalue weighted by Gasteiger charge is -2.24. The van der Waals surface area contributed by atoms with Crippen molar-refractivity contribution in [1.29, 1.82) is 0 Å². The first-order valence-electron chi connectivity index (χ1n) is 3.93. The molecule has 0 amide bonds. The molecule has 1 fully saturated rings. The zero-order chi connectivity index (χ0) is 8.27. The third-order valence-electron chi connectivity index (χ3n) is 2.31. The topological polar surface area (TPSA) is 75.3 Å². The summed E-state index contributed by atoms with van der Waals surface area (Å²) >= 11 is 0. The summed E-state index contributed by atoms with van der Waals surface area (Å²) in [4.78, 5) is 10.5. The van der Waals surface area contributed by atoms with E-state index in [0.717, 1.165) is 25.7 Å². The van der Waals surface area contributed by atoms with Crippen molar-refractivity contribution < 1.29 is 9.90 Å². The molecule has 4 heteroatoms. The zero-order valence-corrected chi connectivity index (χ0v) is 6.42. The summed E-state index contributed by atoms with van der Waals surface area (Å²) < 4.78 is 0. The van der Waals surface area contributed by atoms with Crippen molar-refractivity contribution in [2.45, 2.75) is 31.7 Å². The average molecular weight is 158 g/mol. The lowest BCUT2D eigenvalue weighted by atomic mass is 9.86. The van der Waals surface area contributed by atoms with Crippen LogP contribution in [0.15, 0.2) is 0 Å². The van der Waals surface area contributed by atoms with E-state index in [2.05, 4.69) is 5.43 Å². The van der Waals surface area contributed by atoms with Gasteiger partial charge in [-0.2, -0.15) is 0 Å². The molecule has 0 aromatic rings. The number of hydrogen-bond acceptors (Lipinski definition) is 3. The van der Waals surface area contributed by atoms with Crippen LogP contribution in [-0.2, 0) is 4.79 Å². The average Bonchev–Trinajstić information content (AvgIpc) is 2.05. The maximum atomic E-state index is 10.5. The van der Waals surface area contributed by atoms with Crippen LogP contribution in [0.3, 0.4) is 0 Å². The Morgan fingerprint density at radius 2 is 1.91 bits per heavy atom. The van der Waals surface area contributed by atoms with Crippen LogP contribution in [0.25, 0.3) is 0 Å². The van der Waals surface area contributed by atoms with E-state index in [1.165, 1.54) is 0 Å². The molecule has 64 valence electrons. The Hall–Kier alpha value is -0.610. The molecule has 0 unspecified atom stereocenters. The Balaban J connectivity index is 2.30. The molecule has 0 bridgehead atoms. The predicted molar refractivity (Wildman–Crippen MR) is 40.7 cm³/mol. The van der Waals surface area contributed by atoms with Crippen molar-refractivity contribution in [3.63, 3.8) is 0 Å². The molecule has 0 saturated heterocycles. The second kappa shape index (κ2) is 3.69. The SMILES string of the molecule is NNC1CCC(C(=O)O)CC1. The third-order valence-corrected chi connectivity index (χ3v) is 2.31. The fourth-order valence-electron chi connectivity index (χ4n) is 1.51. The predicted octanol–water partition coefficient (Wildman–Crippen LogP) is 0.0931. The smallest absolute Gasteiger partial charge is 0.306 e. The molecule has 1 aliphatic rings. The maximum absolute atomic E-state index is 10.5. The molecule has 0 spiro atoms.